The number of carbonyl (C=O) groups is 1. The molecule has 2 aliphatic carbocycles. The Balaban J connectivity index is 2.14. The van der Waals surface area contributed by atoms with Crippen molar-refractivity contribution < 1.29 is 4.79 Å². The van der Waals surface area contributed by atoms with E-state index >= 15 is 0 Å². The van der Waals surface area contributed by atoms with E-state index in [0.717, 1.165) is 19.3 Å². The summed E-state index contributed by atoms with van der Waals surface area (Å²) in [7, 11) is 0. The van der Waals surface area contributed by atoms with E-state index in [9.17, 15) is 4.79 Å². The number of rotatable bonds is 0. The van der Waals surface area contributed by atoms with Crippen LogP contribution in [0.4, 0.5) is 0 Å². The van der Waals surface area contributed by atoms with Crippen LogP contribution in [0.25, 0.3) is 0 Å². The Kier molecular flexibility index (Phi) is 2.11. The summed E-state index contributed by atoms with van der Waals surface area (Å²) in [6.07, 6.45) is 11.7. The summed E-state index contributed by atoms with van der Waals surface area (Å²) in [5, 5.41) is 0. The average Bonchev–Trinajstić information content (AvgIpc) is 2.32. The maximum atomic E-state index is 11.1. The summed E-state index contributed by atoms with van der Waals surface area (Å²) in [6, 6.07) is 0. The first-order valence-corrected chi connectivity index (χ1v) is 4.74. The molecule has 0 aromatic rings. The fourth-order valence-electron chi connectivity index (χ4n) is 2.07. The van der Waals surface area contributed by atoms with Crippen LogP contribution in [-0.4, -0.2) is 5.78 Å². The summed E-state index contributed by atoms with van der Waals surface area (Å²) < 4.78 is 0. The molecule has 12 heavy (non-hydrogen) atoms. The minimum atomic E-state index is 0.338. The molecule has 2 rings (SSSR count). The van der Waals surface area contributed by atoms with E-state index in [4.69, 9.17) is 0 Å². The van der Waals surface area contributed by atoms with Gasteiger partial charge in [-0.3, -0.25) is 4.79 Å². The first-order valence-electron chi connectivity index (χ1n) is 4.74. The fraction of sp³-hybridized carbons (Fsp3) is 0.545. The normalized spacial score (nSPS) is 31.8. The zero-order valence-corrected chi connectivity index (χ0v) is 7.25. The number of hydrogen-bond donors (Lipinski definition) is 0. The second kappa shape index (κ2) is 3.26. The zero-order chi connectivity index (χ0) is 8.39. The van der Waals surface area contributed by atoms with Crippen molar-refractivity contribution in [3.8, 4) is 0 Å². The van der Waals surface area contributed by atoms with Gasteiger partial charge in [0.15, 0.2) is 5.78 Å². The maximum absolute atomic E-state index is 11.1. The van der Waals surface area contributed by atoms with Crippen molar-refractivity contribution in [2.24, 2.45) is 5.92 Å². The van der Waals surface area contributed by atoms with Gasteiger partial charge in [-0.1, -0.05) is 17.7 Å². The Labute approximate surface area is 73.2 Å². The number of hydrogen-bond acceptors (Lipinski definition) is 1. The van der Waals surface area contributed by atoms with E-state index in [1.54, 1.807) is 0 Å². The lowest BCUT2D eigenvalue weighted by Crippen LogP contribution is -2.01. The molecule has 0 bridgehead atoms. The highest BCUT2D eigenvalue weighted by Gasteiger charge is 2.23. The van der Waals surface area contributed by atoms with Crippen LogP contribution in [0.15, 0.2) is 23.8 Å². The molecule has 0 saturated carbocycles. The number of ketones is 1. The molecule has 0 heterocycles. The maximum Gasteiger partial charge on any atom is 0.156 e. The lowest BCUT2D eigenvalue weighted by Gasteiger charge is -2.13. The van der Waals surface area contributed by atoms with Crippen molar-refractivity contribution in [2.75, 3.05) is 0 Å². The third-order valence-electron chi connectivity index (χ3n) is 2.74. The fourth-order valence-corrected chi connectivity index (χ4v) is 2.07. The van der Waals surface area contributed by atoms with E-state index in [0.29, 0.717) is 11.7 Å². The molecule has 0 amide bonds. The highest BCUT2D eigenvalue weighted by molar-refractivity contribution is 5.93. The smallest absolute Gasteiger partial charge is 0.156 e. The second-order valence-corrected chi connectivity index (χ2v) is 3.69. The SMILES string of the molecule is O=C1C=C2CCC/C=C\C[C@H]2C1. The number of allylic oxidation sites excluding steroid dienone is 4. The van der Waals surface area contributed by atoms with Crippen LogP contribution < -0.4 is 0 Å². The van der Waals surface area contributed by atoms with Crippen molar-refractivity contribution in [1.82, 2.24) is 0 Å². The Morgan fingerprint density at radius 1 is 1.33 bits per heavy atom. The Morgan fingerprint density at radius 3 is 3.17 bits per heavy atom. The van der Waals surface area contributed by atoms with Crippen molar-refractivity contribution in [3.63, 3.8) is 0 Å². The molecule has 0 fully saturated rings. The van der Waals surface area contributed by atoms with Gasteiger partial charge < -0.3 is 0 Å². The molecule has 1 atom stereocenters. The van der Waals surface area contributed by atoms with Crippen molar-refractivity contribution >= 4 is 5.78 Å². The van der Waals surface area contributed by atoms with Crippen molar-refractivity contribution in [3.05, 3.63) is 23.8 Å². The van der Waals surface area contributed by atoms with Crippen LogP contribution in [0.2, 0.25) is 0 Å². The summed E-state index contributed by atoms with van der Waals surface area (Å²) in [5.74, 6) is 0.888. The highest BCUT2D eigenvalue weighted by Crippen LogP contribution is 2.31. The summed E-state index contributed by atoms with van der Waals surface area (Å²) in [5.41, 5.74) is 1.41. The van der Waals surface area contributed by atoms with Gasteiger partial charge in [-0.05, 0) is 37.7 Å². The molecule has 64 valence electrons. The minimum Gasteiger partial charge on any atom is -0.295 e. The van der Waals surface area contributed by atoms with E-state index in [1.165, 1.54) is 18.4 Å². The monoisotopic (exact) mass is 162 g/mol. The van der Waals surface area contributed by atoms with Gasteiger partial charge in [0.05, 0.1) is 0 Å². The van der Waals surface area contributed by atoms with Crippen LogP contribution in [-0.2, 0) is 4.79 Å². The molecule has 2 aliphatic rings. The second-order valence-electron chi connectivity index (χ2n) is 3.69. The van der Waals surface area contributed by atoms with Gasteiger partial charge in [-0.25, -0.2) is 0 Å². The van der Waals surface area contributed by atoms with Crippen LogP contribution in [0, 0.1) is 5.92 Å². The lowest BCUT2D eigenvalue weighted by molar-refractivity contribution is -0.114. The Bertz CT molecular complexity index is 248. The summed E-state index contributed by atoms with van der Waals surface area (Å²) >= 11 is 0. The van der Waals surface area contributed by atoms with Gasteiger partial charge in [0.1, 0.15) is 0 Å². The van der Waals surface area contributed by atoms with E-state index in [-0.39, 0.29) is 0 Å². The molecular weight excluding hydrogens is 148 g/mol. The first kappa shape index (κ1) is 7.78. The van der Waals surface area contributed by atoms with E-state index < -0.39 is 0 Å². The predicted octanol–water partition coefficient (Wildman–Crippen LogP) is 2.63. The molecule has 0 radical (unpaired) electrons. The minimum absolute atomic E-state index is 0.338. The third kappa shape index (κ3) is 1.50. The standard InChI is InChI=1S/C11H14O/c12-11-7-9-5-3-1-2-4-6-10(9)8-11/h1,3,8-9H,2,4-7H2/b3-1-/t9-/m0/s1. The van der Waals surface area contributed by atoms with Gasteiger partial charge in [0.25, 0.3) is 0 Å². The van der Waals surface area contributed by atoms with Gasteiger partial charge >= 0.3 is 0 Å². The molecule has 0 aliphatic heterocycles. The van der Waals surface area contributed by atoms with E-state index in [1.807, 2.05) is 6.08 Å². The predicted molar refractivity (Wildman–Crippen MR) is 48.8 cm³/mol. The quantitative estimate of drug-likeness (QED) is 0.500. The van der Waals surface area contributed by atoms with Crippen LogP contribution >= 0.6 is 0 Å². The van der Waals surface area contributed by atoms with Crippen molar-refractivity contribution in [1.29, 1.82) is 0 Å². The molecule has 1 nitrogen and oxygen atoms in total. The zero-order valence-electron chi connectivity index (χ0n) is 7.25. The summed E-state index contributed by atoms with van der Waals surface area (Å²) in [6.45, 7) is 0. The number of fused-ring (bicyclic) bond motifs is 1. The first-order chi connectivity index (χ1) is 5.86. The van der Waals surface area contributed by atoms with Crippen LogP contribution in [0.1, 0.15) is 32.1 Å². The molecule has 0 aromatic heterocycles. The molecule has 0 N–H and O–H groups in total. The Hall–Kier alpha value is -0.850. The molecule has 1 heteroatoms. The third-order valence-corrected chi connectivity index (χ3v) is 2.74. The molecule has 0 spiro atoms. The Morgan fingerprint density at radius 2 is 2.25 bits per heavy atom. The molecule has 0 unspecified atom stereocenters. The van der Waals surface area contributed by atoms with Crippen LogP contribution in [0.3, 0.4) is 0 Å². The lowest BCUT2D eigenvalue weighted by atomic mass is 9.91. The topological polar surface area (TPSA) is 17.1 Å². The average molecular weight is 162 g/mol. The van der Waals surface area contributed by atoms with Crippen LogP contribution in [0.5, 0.6) is 0 Å². The molecular formula is C11H14O. The van der Waals surface area contributed by atoms with Gasteiger partial charge in [-0.15, -0.1) is 0 Å². The van der Waals surface area contributed by atoms with E-state index in [2.05, 4.69) is 12.2 Å². The highest BCUT2D eigenvalue weighted by atomic mass is 16.1. The summed E-state index contributed by atoms with van der Waals surface area (Å²) in [4.78, 5) is 11.1. The van der Waals surface area contributed by atoms with Gasteiger partial charge in [0.2, 0.25) is 0 Å². The van der Waals surface area contributed by atoms with Crippen molar-refractivity contribution in [2.45, 2.75) is 32.1 Å². The molecule has 0 saturated heterocycles. The largest absolute Gasteiger partial charge is 0.295 e. The van der Waals surface area contributed by atoms with Gasteiger partial charge in [-0.2, -0.15) is 0 Å². The number of carbonyl (C=O) groups excluding carboxylic acids is 1. The van der Waals surface area contributed by atoms with Gasteiger partial charge in [0, 0.05) is 6.42 Å². The molecule has 0 aromatic carbocycles.